The molecule has 0 N–H and O–H groups in total. The summed E-state index contributed by atoms with van der Waals surface area (Å²) in [5.74, 6) is 0. The van der Waals surface area contributed by atoms with Gasteiger partial charge in [-0.05, 0) is 42.3 Å². The van der Waals surface area contributed by atoms with E-state index in [0.717, 1.165) is 22.4 Å². The van der Waals surface area contributed by atoms with Crippen LogP contribution in [0, 0.1) is 0 Å². The van der Waals surface area contributed by atoms with E-state index in [1.54, 1.807) is 12.5 Å². The van der Waals surface area contributed by atoms with Gasteiger partial charge in [-0.2, -0.15) is 0 Å². The number of rotatable bonds is 3. The van der Waals surface area contributed by atoms with E-state index in [0.29, 0.717) is 18.7 Å². The lowest BCUT2D eigenvalue weighted by molar-refractivity contribution is 0.597. The summed E-state index contributed by atoms with van der Waals surface area (Å²) < 4.78 is 27.3. The lowest BCUT2D eigenvalue weighted by atomic mass is 10.1. The maximum Gasteiger partial charge on any atom is 0.249 e. The second kappa shape index (κ2) is 5.21. The van der Waals surface area contributed by atoms with E-state index in [-0.39, 0.29) is 0 Å². The van der Waals surface area contributed by atoms with Crippen molar-refractivity contribution in [3.05, 3.63) is 48.4 Å². The Bertz CT molecular complexity index is 1000. The van der Waals surface area contributed by atoms with Gasteiger partial charge in [-0.15, -0.1) is 11.6 Å². The predicted octanol–water partition coefficient (Wildman–Crippen LogP) is 2.31. The molecule has 8 heteroatoms. The van der Waals surface area contributed by atoms with Gasteiger partial charge >= 0.3 is 0 Å². The molecule has 4 rings (SSSR count). The van der Waals surface area contributed by atoms with Crippen molar-refractivity contribution in [2.75, 3.05) is 16.1 Å². The van der Waals surface area contributed by atoms with E-state index >= 15 is 0 Å². The first-order valence-corrected chi connectivity index (χ1v) is 9.22. The Morgan fingerprint density at radius 1 is 1.22 bits per heavy atom. The zero-order valence-electron chi connectivity index (χ0n) is 12.1. The lowest BCUT2D eigenvalue weighted by Crippen LogP contribution is -2.29. The molecule has 1 aliphatic heterocycles. The van der Waals surface area contributed by atoms with Gasteiger partial charge in [0.15, 0.2) is 5.65 Å². The molecule has 0 bridgehead atoms. The third kappa shape index (κ3) is 2.27. The number of nitrogens with zero attached hydrogens (tertiary/aromatic N) is 4. The van der Waals surface area contributed by atoms with Gasteiger partial charge in [0, 0.05) is 18.4 Å². The van der Waals surface area contributed by atoms with Gasteiger partial charge in [-0.1, -0.05) is 0 Å². The van der Waals surface area contributed by atoms with Crippen LogP contribution in [0.25, 0.3) is 16.9 Å². The van der Waals surface area contributed by atoms with Gasteiger partial charge in [0.1, 0.15) is 17.1 Å². The minimum Gasteiger partial charge on any atom is -0.283 e. The fourth-order valence-electron chi connectivity index (χ4n) is 2.89. The molecule has 0 aliphatic carbocycles. The maximum absolute atomic E-state index is 12.0. The van der Waals surface area contributed by atoms with Crippen LogP contribution in [0.4, 0.5) is 5.69 Å². The van der Waals surface area contributed by atoms with Crippen LogP contribution in [-0.4, -0.2) is 34.7 Å². The summed E-state index contributed by atoms with van der Waals surface area (Å²) >= 11 is 5.57. The number of pyridine rings is 1. The smallest absolute Gasteiger partial charge is 0.249 e. The van der Waals surface area contributed by atoms with Crippen molar-refractivity contribution in [1.82, 2.24) is 14.5 Å². The molecule has 0 fully saturated rings. The Hall–Kier alpha value is -2.12. The highest BCUT2D eigenvalue weighted by Crippen LogP contribution is 2.32. The normalized spacial score (nSPS) is 14.4. The Labute approximate surface area is 138 Å². The molecule has 6 nitrogen and oxygen atoms in total. The molecule has 0 saturated carbocycles. The quantitative estimate of drug-likeness (QED) is 0.681. The van der Waals surface area contributed by atoms with Crippen LogP contribution in [0.2, 0.25) is 0 Å². The fourth-order valence-corrected chi connectivity index (χ4v) is 4.21. The molecule has 2 aromatic heterocycles. The van der Waals surface area contributed by atoms with Gasteiger partial charge < -0.3 is 0 Å². The first-order valence-electron chi connectivity index (χ1n) is 7.08. The molecule has 0 amide bonds. The number of benzene rings is 1. The van der Waals surface area contributed by atoms with E-state index in [1.165, 1.54) is 4.31 Å². The summed E-state index contributed by atoms with van der Waals surface area (Å²) in [6.07, 6.45) is 4.11. The minimum absolute atomic E-state index is 0.412. The summed E-state index contributed by atoms with van der Waals surface area (Å²) in [5, 5.41) is -0.412. The van der Waals surface area contributed by atoms with Crippen molar-refractivity contribution >= 4 is 38.5 Å². The number of hydrogen-bond donors (Lipinski definition) is 0. The zero-order valence-corrected chi connectivity index (χ0v) is 13.6. The number of anilines is 1. The summed E-state index contributed by atoms with van der Waals surface area (Å²) in [6, 6.07) is 9.42. The van der Waals surface area contributed by atoms with Crippen molar-refractivity contribution in [3.63, 3.8) is 0 Å². The first kappa shape index (κ1) is 14.5. The molecule has 0 unspecified atom stereocenters. The third-order valence-electron chi connectivity index (χ3n) is 3.97. The second-order valence-electron chi connectivity index (χ2n) is 5.32. The lowest BCUT2D eigenvalue weighted by Gasteiger charge is -2.18. The summed E-state index contributed by atoms with van der Waals surface area (Å²) in [6.45, 7) is 0.427. The van der Waals surface area contributed by atoms with Gasteiger partial charge in [-0.25, -0.2) is 18.4 Å². The van der Waals surface area contributed by atoms with Crippen molar-refractivity contribution in [2.45, 2.75) is 6.42 Å². The summed E-state index contributed by atoms with van der Waals surface area (Å²) in [4.78, 5) is 8.69. The molecule has 23 heavy (non-hydrogen) atoms. The Balaban J connectivity index is 1.80. The van der Waals surface area contributed by atoms with Gasteiger partial charge in [0.25, 0.3) is 0 Å². The molecule has 1 aliphatic rings. The SMILES string of the molecule is O=S(=O)(CCl)N1CCc2cc(-n3cnc4cccnc43)ccc21. The van der Waals surface area contributed by atoms with Gasteiger partial charge in [0.05, 0.1) is 5.69 Å². The number of fused-ring (bicyclic) bond motifs is 2. The predicted molar refractivity (Wildman–Crippen MR) is 89.6 cm³/mol. The number of sulfonamides is 1. The monoisotopic (exact) mass is 348 g/mol. The molecule has 1 aromatic carbocycles. The van der Waals surface area contributed by atoms with Crippen LogP contribution in [-0.2, 0) is 16.4 Å². The Morgan fingerprint density at radius 3 is 2.91 bits per heavy atom. The average Bonchev–Trinajstić information content (AvgIpc) is 3.18. The first-order chi connectivity index (χ1) is 11.1. The average molecular weight is 349 g/mol. The van der Waals surface area contributed by atoms with E-state index in [2.05, 4.69) is 9.97 Å². The molecule has 3 heterocycles. The number of imidazole rings is 1. The number of alkyl halides is 1. The van der Waals surface area contributed by atoms with E-state index in [4.69, 9.17) is 11.6 Å². The molecule has 118 valence electrons. The summed E-state index contributed by atoms with van der Waals surface area (Å²) in [7, 11) is -3.45. The number of hydrogen-bond acceptors (Lipinski definition) is 4. The van der Waals surface area contributed by atoms with Crippen LogP contribution in [0.1, 0.15) is 5.56 Å². The highest BCUT2D eigenvalue weighted by Gasteiger charge is 2.28. The second-order valence-corrected chi connectivity index (χ2v) is 7.79. The molecule has 0 saturated heterocycles. The Morgan fingerprint density at radius 2 is 2.09 bits per heavy atom. The molecule has 0 radical (unpaired) electrons. The molecule has 0 atom stereocenters. The maximum atomic E-state index is 12.0. The highest BCUT2D eigenvalue weighted by atomic mass is 35.5. The molecule has 3 aromatic rings. The standard InChI is InChI=1S/C15H13ClN4O2S/c16-9-23(21,22)20-7-5-11-8-12(3-4-14(11)20)19-10-18-13-2-1-6-17-15(13)19/h1-4,6,8,10H,5,7,9H2. The zero-order chi connectivity index (χ0) is 16.0. The molecular formula is C15H13ClN4O2S. The number of halogens is 1. The van der Waals surface area contributed by atoms with Gasteiger partial charge in [0.2, 0.25) is 10.0 Å². The van der Waals surface area contributed by atoms with E-state index < -0.39 is 15.2 Å². The third-order valence-corrected chi connectivity index (χ3v) is 6.13. The van der Waals surface area contributed by atoms with Crippen molar-refractivity contribution < 1.29 is 8.42 Å². The van der Waals surface area contributed by atoms with Crippen LogP contribution >= 0.6 is 11.6 Å². The number of aromatic nitrogens is 3. The van der Waals surface area contributed by atoms with Crippen molar-refractivity contribution in [1.29, 1.82) is 0 Å². The minimum atomic E-state index is -3.45. The van der Waals surface area contributed by atoms with Crippen LogP contribution < -0.4 is 4.31 Å². The molecular weight excluding hydrogens is 336 g/mol. The van der Waals surface area contributed by atoms with Crippen molar-refractivity contribution in [2.24, 2.45) is 0 Å². The molecule has 0 spiro atoms. The van der Waals surface area contributed by atoms with Crippen LogP contribution in [0.5, 0.6) is 0 Å². The van der Waals surface area contributed by atoms with Crippen molar-refractivity contribution in [3.8, 4) is 5.69 Å². The topological polar surface area (TPSA) is 68.1 Å². The van der Waals surface area contributed by atoms with Crippen LogP contribution in [0.3, 0.4) is 0 Å². The fraction of sp³-hybridized carbons (Fsp3) is 0.200. The van der Waals surface area contributed by atoms with Crippen LogP contribution in [0.15, 0.2) is 42.9 Å². The highest BCUT2D eigenvalue weighted by molar-refractivity contribution is 7.93. The Kier molecular flexibility index (Phi) is 3.28. The van der Waals surface area contributed by atoms with E-state index in [1.807, 2.05) is 34.9 Å². The van der Waals surface area contributed by atoms with Gasteiger partial charge in [-0.3, -0.25) is 8.87 Å². The summed E-state index contributed by atoms with van der Waals surface area (Å²) in [5.41, 5.74) is 4.19. The van der Waals surface area contributed by atoms with E-state index in [9.17, 15) is 8.42 Å². The largest absolute Gasteiger partial charge is 0.283 e.